The number of rotatable bonds is 9. The van der Waals surface area contributed by atoms with Gasteiger partial charge in [-0.15, -0.1) is 0 Å². The SMILES string of the molecule is CC(=O)O[C@@H]1[C@@H](O[Si](C)(C)C(C)(C)C)[C@H](O[Si](C)(C)C(C)(C)C)[C@@H](CO)O[C@H]1CCCO. The van der Waals surface area contributed by atoms with Crippen LogP contribution in [0.2, 0.25) is 36.3 Å². The summed E-state index contributed by atoms with van der Waals surface area (Å²) in [5.41, 5.74) is 0. The minimum atomic E-state index is -2.29. The first kappa shape index (κ1) is 29.7. The molecule has 5 atom stereocenters. The maximum atomic E-state index is 12.1. The van der Waals surface area contributed by atoms with E-state index >= 15 is 0 Å². The molecule has 0 bridgehead atoms. The lowest BCUT2D eigenvalue weighted by Gasteiger charge is -2.52. The Hall–Kier alpha value is -0.296. The van der Waals surface area contributed by atoms with Crippen LogP contribution in [0.25, 0.3) is 0 Å². The molecule has 0 aliphatic carbocycles. The molecular weight excluding hydrogens is 444 g/mol. The molecule has 1 fully saturated rings. The summed E-state index contributed by atoms with van der Waals surface area (Å²) in [5, 5.41) is 19.5. The van der Waals surface area contributed by atoms with E-state index in [1.165, 1.54) is 6.92 Å². The lowest BCUT2D eigenvalue weighted by atomic mass is 9.92. The second kappa shape index (κ2) is 11.0. The molecule has 190 valence electrons. The molecular formula is C23H48O7Si2. The second-order valence-corrected chi connectivity index (χ2v) is 21.5. The summed E-state index contributed by atoms with van der Waals surface area (Å²) in [7, 11) is -4.56. The summed E-state index contributed by atoms with van der Waals surface area (Å²) in [6.45, 7) is 22.8. The van der Waals surface area contributed by atoms with Crippen LogP contribution in [0.15, 0.2) is 0 Å². The van der Waals surface area contributed by atoms with E-state index < -0.39 is 53.1 Å². The van der Waals surface area contributed by atoms with Crippen molar-refractivity contribution >= 4 is 22.6 Å². The van der Waals surface area contributed by atoms with E-state index in [1.54, 1.807) is 0 Å². The molecule has 1 saturated heterocycles. The van der Waals surface area contributed by atoms with Crippen molar-refractivity contribution in [3.63, 3.8) is 0 Å². The molecule has 1 aliphatic rings. The summed E-state index contributed by atoms with van der Waals surface area (Å²) in [6, 6.07) is 0. The molecule has 9 heteroatoms. The van der Waals surface area contributed by atoms with Gasteiger partial charge in [0.1, 0.15) is 18.3 Å². The number of hydrogen-bond donors (Lipinski definition) is 2. The zero-order valence-electron chi connectivity index (χ0n) is 22.2. The number of hydrogen-bond acceptors (Lipinski definition) is 7. The number of carbonyl (C=O) groups excluding carboxylic acids is 1. The van der Waals surface area contributed by atoms with Crippen LogP contribution in [0.1, 0.15) is 61.3 Å². The Kier molecular flexibility index (Phi) is 10.2. The van der Waals surface area contributed by atoms with Gasteiger partial charge in [0, 0.05) is 13.5 Å². The van der Waals surface area contributed by atoms with Gasteiger partial charge >= 0.3 is 5.97 Å². The second-order valence-electron chi connectivity index (χ2n) is 12.0. The Balaban J connectivity index is 3.53. The summed E-state index contributed by atoms with van der Waals surface area (Å²) in [4.78, 5) is 12.1. The minimum Gasteiger partial charge on any atom is -0.457 e. The van der Waals surface area contributed by atoms with E-state index in [9.17, 15) is 15.0 Å². The van der Waals surface area contributed by atoms with Crippen LogP contribution in [-0.4, -0.2) is 76.6 Å². The van der Waals surface area contributed by atoms with E-state index in [4.69, 9.17) is 18.3 Å². The van der Waals surface area contributed by atoms with Gasteiger partial charge in [-0.1, -0.05) is 41.5 Å². The summed E-state index contributed by atoms with van der Waals surface area (Å²) in [6.07, 6.45) is -1.90. The topological polar surface area (TPSA) is 94.5 Å². The van der Waals surface area contributed by atoms with Crippen LogP contribution < -0.4 is 0 Å². The molecule has 1 aliphatic heterocycles. The standard InChI is InChI=1S/C23H48O7Si2/c1-16(26)27-19-17(13-12-14-24)28-18(15-25)20(29-31(8,9)22(2,3)4)21(19)30-32(10,11)23(5,6)7/h17-21,24-25H,12-15H2,1-11H3/t17-,18+,19-,20+,21+/m0/s1. The van der Waals surface area contributed by atoms with Gasteiger partial charge < -0.3 is 28.5 Å². The largest absolute Gasteiger partial charge is 0.457 e. The normalized spacial score (nSPS) is 28.0. The van der Waals surface area contributed by atoms with Gasteiger partial charge in [0.25, 0.3) is 0 Å². The van der Waals surface area contributed by atoms with Crippen LogP contribution in [0.3, 0.4) is 0 Å². The predicted molar refractivity (Wildman–Crippen MR) is 132 cm³/mol. The van der Waals surface area contributed by atoms with Crippen molar-refractivity contribution in [2.75, 3.05) is 13.2 Å². The van der Waals surface area contributed by atoms with Crippen molar-refractivity contribution in [3.05, 3.63) is 0 Å². The number of ether oxygens (including phenoxy) is 2. The molecule has 0 amide bonds. The molecule has 2 N–H and O–H groups in total. The quantitative estimate of drug-likeness (QED) is 0.367. The Morgan fingerprint density at radius 3 is 1.69 bits per heavy atom. The first-order chi connectivity index (χ1) is 14.4. The van der Waals surface area contributed by atoms with Crippen molar-refractivity contribution in [1.82, 2.24) is 0 Å². The van der Waals surface area contributed by atoms with Gasteiger partial charge in [-0.05, 0) is 49.1 Å². The van der Waals surface area contributed by atoms with Gasteiger partial charge in [-0.2, -0.15) is 0 Å². The smallest absolute Gasteiger partial charge is 0.303 e. The molecule has 0 aromatic rings. The fourth-order valence-electron chi connectivity index (χ4n) is 3.31. The van der Waals surface area contributed by atoms with Gasteiger partial charge in [0.05, 0.1) is 12.7 Å². The molecule has 0 aromatic heterocycles. The molecule has 0 aromatic carbocycles. The Morgan fingerprint density at radius 1 is 0.844 bits per heavy atom. The van der Waals surface area contributed by atoms with Crippen LogP contribution in [0, 0.1) is 0 Å². The zero-order valence-corrected chi connectivity index (χ0v) is 24.2. The van der Waals surface area contributed by atoms with Gasteiger partial charge in [0.15, 0.2) is 22.7 Å². The monoisotopic (exact) mass is 492 g/mol. The first-order valence-corrected chi connectivity index (χ1v) is 17.6. The molecule has 32 heavy (non-hydrogen) atoms. The van der Waals surface area contributed by atoms with Gasteiger partial charge in [-0.3, -0.25) is 4.79 Å². The van der Waals surface area contributed by atoms with E-state index in [0.29, 0.717) is 12.8 Å². The van der Waals surface area contributed by atoms with Crippen molar-refractivity contribution in [2.45, 2.75) is 128 Å². The maximum Gasteiger partial charge on any atom is 0.303 e. The fourth-order valence-corrected chi connectivity index (χ4v) is 5.93. The number of aliphatic hydroxyl groups excluding tert-OH is 2. The van der Waals surface area contributed by atoms with Crippen LogP contribution in [0.4, 0.5) is 0 Å². The molecule has 0 radical (unpaired) electrons. The predicted octanol–water partition coefficient (Wildman–Crippen LogP) is 4.23. The van der Waals surface area contributed by atoms with Gasteiger partial charge in [-0.25, -0.2) is 0 Å². The highest BCUT2D eigenvalue weighted by Crippen LogP contribution is 2.43. The van der Waals surface area contributed by atoms with Crippen molar-refractivity contribution < 1.29 is 33.3 Å². The lowest BCUT2D eigenvalue weighted by molar-refractivity contribution is -0.232. The number of aliphatic hydroxyl groups is 2. The highest BCUT2D eigenvalue weighted by atomic mass is 28.4. The van der Waals surface area contributed by atoms with E-state index in [2.05, 4.69) is 67.7 Å². The van der Waals surface area contributed by atoms with Crippen LogP contribution in [0.5, 0.6) is 0 Å². The maximum absolute atomic E-state index is 12.1. The molecule has 0 spiro atoms. The summed E-state index contributed by atoms with van der Waals surface area (Å²) in [5.74, 6) is -0.412. The van der Waals surface area contributed by atoms with E-state index in [0.717, 1.165) is 0 Å². The molecule has 7 nitrogen and oxygen atoms in total. The third kappa shape index (κ3) is 7.35. The average molecular weight is 493 g/mol. The highest BCUT2D eigenvalue weighted by Gasteiger charge is 2.54. The van der Waals surface area contributed by atoms with E-state index in [-0.39, 0.29) is 23.3 Å². The van der Waals surface area contributed by atoms with Crippen molar-refractivity contribution in [3.8, 4) is 0 Å². The third-order valence-electron chi connectivity index (χ3n) is 7.33. The number of carbonyl (C=O) groups is 1. The third-order valence-corrected chi connectivity index (χ3v) is 16.3. The Bertz CT molecular complexity index is 610. The number of esters is 1. The van der Waals surface area contributed by atoms with Crippen LogP contribution in [-0.2, 0) is 23.1 Å². The zero-order chi connectivity index (χ0) is 25.1. The lowest BCUT2D eigenvalue weighted by Crippen LogP contribution is -2.66. The fraction of sp³-hybridized carbons (Fsp3) is 0.957. The van der Waals surface area contributed by atoms with Crippen molar-refractivity contribution in [1.29, 1.82) is 0 Å². The average Bonchev–Trinajstić information content (AvgIpc) is 2.61. The summed E-state index contributed by atoms with van der Waals surface area (Å²) < 4.78 is 25.7. The summed E-state index contributed by atoms with van der Waals surface area (Å²) >= 11 is 0. The molecule has 0 unspecified atom stereocenters. The van der Waals surface area contributed by atoms with Crippen LogP contribution >= 0.6 is 0 Å². The molecule has 1 heterocycles. The first-order valence-electron chi connectivity index (χ1n) is 11.8. The Morgan fingerprint density at radius 2 is 1.31 bits per heavy atom. The highest BCUT2D eigenvalue weighted by molar-refractivity contribution is 6.74. The minimum absolute atomic E-state index is 0.00803. The van der Waals surface area contributed by atoms with Crippen molar-refractivity contribution in [2.24, 2.45) is 0 Å². The molecule has 1 rings (SSSR count). The van der Waals surface area contributed by atoms with E-state index in [1.807, 2.05) is 0 Å². The molecule has 0 saturated carbocycles. The van der Waals surface area contributed by atoms with Gasteiger partial charge in [0.2, 0.25) is 0 Å². The Labute approximate surface area is 197 Å².